The number of rotatable bonds is 6. The summed E-state index contributed by atoms with van der Waals surface area (Å²) in [6.45, 7) is 4.07. The van der Waals surface area contributed by atoms with Gasteiger partial charge in [-0.1, -0.05) is 19.1 Å². The maximum absolute atomic E-state index is 4.33. The molecule has 4 heteroatoms. The lowest BCUT2D eigenvalue weighted by molar-refractivity contribution is 0.725. The molecule has 0 fully saturated rings. The Morgan fingerprint density at radius 1 is 1.39 bits per heavy atom. The van der Waals surface area contributed by atoms with Crippen LogP contribution < -0.4 is 5.32 Å². The average Bonchev–Trinajstić information content (AvgIpc) is 2.80. The number of thioether (sulfide) groups is 1. The molecule has 1 heterocycles. The van der Waals surface area contributed by atoms with Crippen molar-refractivity contribution in [1.29, 1.82) is 0 Å². The lowest BCUT2D eigenvalue weighted by Crippen LogP contribution is -2.11. The molecule has 2 aromatic rings. The van der Waals surface area contributed by atoms with Crippen molar-refractivity contribution in [2.75, 3.05) is 6.54 Å². The summed E-state index contributed by atoms with van der Waals surface area (Å²) in [6.07, 6.45) is 3.83. The van der Waals surface area contributed by atoms with E-state index in [-0.39, 0.29) is 0 Å². The number of aromatic nitrogens is 2. The maximum atomic E-state index is 4.33. The molecule has 2 rings (SSSR count). The molecule has 0 saturated heterocycles. The van der Waals surface area contributed by atoms with Crippen LogP contribution >= 0.6 is 11.8 Å². The number of nitrogens with zero attached hydrogens (tertiary/aromatic N) is 2. The van der Waals surface area contributed by atoms with Crippen LogP contribution in [0.2, 0.25) is 0 Å². The summed E-state index contributed by atoms with van der Waals surface area (Å²) in [6, 6.07) is 8.68. The predicted molar refractivity (Wildman–Crippen MR) is 76.6 cm³/mol. The molecule has 0 spiro atoms. The van der Waals surface area contributed by atoms with Gasteiger partial charge in [0.25, 0.3) is 0 Å². The van der Waals surface area contributed by atoms with E-state index in [0.717, 1.165) is 24.7 Å². The molecule has 0 aliphatic carbocycles. The van der Waals surface area contributed by atoms with Gasteiger partial charge in [0.15, 0.2) is 0 Å². The molecular formula is C14H19N3S. The molecule has 0 bridgehead atoms. The third kappa shape index (κ3) is 3.62. The van der Waals surface area contributed by atoms with Crippen molar-refractivity contribution in [2.24, 2.45) is 7.05 Å². The monoisotopic (exact) mass is 261 g/mol. The lowest BCUT2D eigenvalue weighted by atomic mass is 10.2. The van der Waals surface area contributed by atoms with Crippen LogP contribution in [0, 0.1) is 0 Å². The van der Waals surface area contributed by atoms with Crippen molar-refractivity contribution in [1.82, 2.24) is 14.9 Å². The highest BCUT2D eigenvalue weighted by atomic mass is 32.2. The van der Waals surface area contributed by atoms with E-state index in [2.05, 4.69) is 46.1 Å². The molecule has 18 heavy (non-hydrogen) atoms. The number of nitrogens with one attached hydrogen (secondary N) is 1. The van der Waals surface area contributed by atoms with E-state index in [1.165, 1.54) is 10.5 Å². The molecule has 0 radical (unpaired) electrons. The Morgan fingerprint density at radius 2 is 2.28 bits per heavy atom. The van der Waals surface area contributed by atoms with E-state index in [1.54, 1.807) is 0 Å². The standard InChI is InChI=1S/C14H19N3S/c1-3-15-10-12-5-4-6-13(9-12)18-11-14-16-7-8-17(14)2/h4-9,15H,3,10-11H2,1-2H3. The minimum absolute atomic E-state index is 0.911. The van der Waals surface area contributed by atoms with Crippen LogP contribution in [0.25, 0.3) is 0 Å². The zero-order chi connectivity index (χ0) is 12.8. The van der Waals surface area contributed by atoms with Gasteiger partial charge in [0.05, 0.1) is 5.75 Å². The Morgan fingerprint density at radius 3 is 3.00 bits per heavy atom. The first-order valence-corrected chi connectivity index (χ1v) is 7.17. The minimum atomic E-state index is 0.911. The maximum Gasteiger partial charge on any atom is 0.118 e. The van der Waals surface area contributed by atoms with Crippen molar-refractivity contribution in [2.45, 2.75) is 24.1 Å². The summed E-state index contributed by atoms with van der Waals surface area (Å²) in [5.41, 5.74) is 1.33. The zero-order valence-electron chi connectivity index (χ0n) is 10.9. The van der Waals surface area contributed by atoms with Crippen molar-refractivity contribution in [3.05, 3.63) is 48.0 Å². The van der Waals surface area contributed by atoms with Crippen molar-refractivity contribution < 1.29 is 0 Å². The molecule has 0 amide bonds. The number of aryl methyl sites for hydroxylation is 1. The molecule has 1 aromatic carbocycles. The molecule has 0 unspecified atom stereocenters. The van der Waals surface area contributed by atoms with Gasteiger partial charge in [-0.15, -0.1) is 11.8 Å². The van der Waals surface area contributed by atoms with E-state index < -0.39 is 0 Å². The summed E-state index contributed by atoms with van der Waals surface area (Å²) in [5.74, 6) is 2.02. The first-order chi connectivity index (χ1) is 8.79. The Bertz CT molecular complexity index is 493. The van der Waals surface area contributed by atoms with Crippen LogP contribution in [0.1, 0.15) is 18.3 Å². The van der Waals surface area contributed by atoms with Crippen molar-refractivity contribution >= 4 is 11.8 Å². The number of hydrogen-bond acceptors (Lipinski definition) is 3. The zero-order valence-corrected chi connectivity index (χ0v) is 11.7. The SMILES string of the molecule is CCNCc1cccc(SCc2nccn2C)c1. The van der Waals surface area contributed by atoms with Crippen LogP contribution in [0.15, 0.2) is 41.6 Å². The second-order valence-electron chi connectivity index (χ2n) is 4.17. The van der Waals surface area contributed by atoms with E-state index in [1.807, 2.05) is 31.2 Å². The van der Waals surface area contributed by atoms with E-state index in [0.29, 0.717) is 0 Å². The first kappa shape index (κ1) is 13.2. The highest BCUT2D eigenvalue weighted by molar-refractivity contribution is 7.98. The predicted octanol–water partition coefficient (Wildman–Crippen LogP) is 2.82. The third-order valence-electron chi connectivity index (χ3n) is 2.77. The molecule has 1 aromatic heterocycles. The number of hydrogen-bond donors (Lipinski definition) is 1. The summed E-state index contributed by atoms with van der Waals surface area (Å²) in [7, 11) is 2.03. The average molecular weight is 261 g/mol. The molecule has 0 atom stereocenters. The molecule has 1 N–H and O–H groups in total. The van der Waals surface area contributed by atoms with Gasteiger partial charge in [0, 0.05) is 30.9 Å². The summed E-state index contributed by atoms with van der Waals surface area (Å²) in [5, 5.41) is 3.34. The Kier molecular flexibility index (Phi) is 4.84. The molecule has 3 nitrogen and oxygen atoms in total. The fraction of sp³-hybridized carbons (Fsp3) is 0.357. The number of imidazole rings is 1. The Hall–Kier alpha value is -1.26. The third-order valence-corrected chi connectivity index (χ3v) is 3.76. The summed E-state index contributed by atoms with van der Waals surface area (Å²) >= 11 is 1.83. The topological polar surface area (TPSA) is 29.9 Å². The van der Waals surface area contributed by atoms with E-state index in [9.17, 15) is 0 Å². The van der Waals surface area contributed by atoms with Gasteiger partial charge < -0.3 is 9.88 Å². The fourth-order valence-electron chi connectivity index (χ4n) is 1.70. The van der Waals surface area contributed by atoms with E-state index >= 15 is 0 Å². The Labute approximate surface area is 113 Å². The molecule has 0 aliphatic heterocycles. The normalized spacial score (nSPS) is 10.8. The van der Waals surface area contributed by atoms with Crippen LogP contribution in [0.4, 0.5) is 0 Å². The second-order valence-corrected chi connectivity index (χ2v) is 5.22. The Balaban J connectivity index is 1.95. The van der Waals surface area contributed by atoms with Gasteiger partial charge in [0.1, 0.15) is 5.82 Å². The van der Waals surface area contributed by atoms with Crippen LogP contribution in [-0.2, 0) is 19.3 Å². The first-order valence-electron chi connectivity index (χ1n) is 6.18. The quantitative estimate of drug-likeness (QED) is 0.811. The molecule has 0 saturated carbocycles. The van der Waals surface area contributed by atoms with Crippen molar-refractivity contribution in [3.8, 4) is 0 Å². The molecule has 0 aliphatic rings. The van der Waals surface area contributed by atoms with E-state index in [4.69, 9.17) is 0 Å². The minimum Gasteiger partial charge on any atom is -0.337 e. The highest BCUT2D eigenvalue weighted by Crippen LogP contribution is 2.22. The fourth-order valence-corrected chi connectivity index (χ4v) is 2.68. The van der Waals surface area contributed by atoms with Gasteiger partial charge in [-0.05, 0) is 24.2 Å². The van der Waals surface area contributed by atoms with Gasteiger partial charge in [0.2, 0.25) is 0 Å². The molecule has 96 valence electrons. The van der Waals surface area contributed by atoms with Gasteiger partial charge >= 0.3 is 0 Å². The molecular weight excluding hydrogens is 242 g/mol. The van der Waals surface area contributed by atoms with Crippen LogP contribution in [0.3, 0.4) is 0 Å². The summed E-state index contributed by atoms with van der Waals surface area (Å²) in [4.78, 5) is 5.63. The van der Waals surface area contributed by atoms with Crippen LogP contribution in [0.5, 0.6) is 0 Å². The smallest absolute Gasteiger partial charge is 0.118 e. The lowest BCUT2D eigenvalue weighted by Gasteiger charge is -2.06. The van der Waals surface area contributed by atoms with Crippen LogP contribution in [-0.4, -0.2) is 16.1 Å². The number of benzene rings is 1. The van der Waals surface area contributed by atoms with Crippen molar-refractivity contribution in [3.63, 3.8) is 0 Å². The highest BCUT2D eigenvalue weighted by Gasteiger charge is 2.01. The second kappa shape index (κ2) is 6.61. The van der Waals surface area contributed by atoms with Gasteiger partial charge in [-0.2, -0.15) is 0 Å². The van der Waals surface area contributed by atoms with Gasteiger partial charge in [-0.3, -0.25) is 0 Å². The largest absolute Gasteiger partial charge is 0.337 e. The summed E-state index contributed by atoms with van der Waals surface area (Å²) < 4.78 is 2.06. The van der Waals surface area contributed by atoms with Gasteiger partial charge in [-0.25, -0.2) is 4.98 Å².